The summed E-state index contributed by atoms with van der Waals surface area (Å²) in [6.07, 6.45) is 7.12. The molecule has 0 saturated carbocycles. The first kappa shape index (κ1) is 24.2. The highest BCUT2D eigenvalue weighted by Gasteiger charge is 2.13. The van der Waals surface area contributed by atoms with Crippen LogP contribution >= 0.6 is 0 Å². The van der Waals surface area contributed by atoms with Gasteiger partial charge in [0.15, 0.2) is 0 Å². The van der Waals surface area contributed by atoms with Crippen molar-refractivity contribution in [3.8, 4) is 46.7 Å². The Bertz CT molecular complexity index is 1580. The number of rotatable bonds is 2. The Morgan fingerprint density at radius 2 is 1.22 bits per heavy atom. The topological polar surface area (TPSA) is 77.8 Å². The predicted octanol–water partition coefficient (Wildman–Crippen LogP) is 6.09. The summed E-state index contributed by atoms with van der Waals surface area (Å²) in [5.41, 5.74) is 7.32. The Balaban J connectivity index is 0.000000187. The summed E-state index contributed by atoms with van der Waals surface area (Å²) in [7, 11) is 0. The summed E-state index contributed by atoms with van der Waals surface area (Å²) >= 11 is 0. The predicted molar refractivity (Wildman–Crippen MR) is 139 cm³/mol. The maximum absolute atomic E-state index is 5.38. The van der Waals surface area contributed by atoms with Crippen LogP contribution in [-0.4, -0.2) is 20.3 Å². The Morgan fingerprint density at radius 1 is 0.694 bits per heavy atom. The van der Waals surface area contributed by atoms with E-state index in [1.54, 1.807) is 6.20 Å². The molecule has 0 aliphatic heterocycles. The molecule has 6 heteroatoms. The quantitative estimate of drug-likeness (QED) is 0.289. The van der Waals surface area contributed by atoms with Crippen LogP contribution in [0.25, 0.3) is 22.5 Å². The first-order valence-corrected chi connectivity index (χ1v) is 11.3. The van der Waals surface area contributed by atoms with Crippen molar-refractivity contribution in [2.75, 3.05) is 0 Å². The summed E-state index contributed by atoms with van der Waals surface area (Å²) in [6.45, 7) is 7.47. The van der Waals surface area contributed by atoms with Crippen LogP contribution in [0.4, 0.5) is 0 Å². The van der Waals surface area contributed by atoms with Crippen LogP contribution < -0.4 is 0 Å². The number of nitrogens with zero attached hydrogens (tertiary/aromatic N) is 4. The van der Waals surface area contributed by atoms with Gasteiger partial charge in [0, 0.05) is 17.3 Å². The minimum atomic E-state index is 0.680. The Labute approximate surface area is 210 Å². The zero-order valence-electron chi connectivity index (χ0n) is 20.5. The third-order valence-corrected chi connectivity index (χ3v) is 5.35. The molecular formula is C30H24N4O2. The first-order valence-electron chi connectivity index (χ1n) is 11.3. The van der Waals surface area contributed by atoms with Crippen LogP contribution in [0.2, 0.25) is 0 Å². The molecule has 176 valence electrons. The lowest BCUT2D eigenvalue weighted by Gasteiger charge is -1.98. The second-order valence-corrected chi connectivity index (χ2v) is 8.00. The maximum atomic E-state index is 5.38. The number of hydrogen-bond acceptors (Lipinski definition) is 6. The van der Waals surface area contributed by atoms with Crippen LogP contribution in [0.15, 0.2) is 75.9 Å². The molecule has 0 saturated heterocycles. The van der Waals surface area contributed by atoms with Crippen molar-refractivity contribution in [3.05, 3.63) is 107 Å². The first-order chi connectivity index (χ1) is 17.5. The fourth-order valence-electron chi connectivity index (χ4n) is 3.43. The van der Waals surface area contributed by atoms with Crippen molar-refractivity contribution < 1.29 is 9.05 Å². The minimum Gasteiger partial charge on any atom is -0.360 e. The van der Waals surface area contributed by atoms with Crippen molar-refractivity contribution in [2.45, 2.75) is 27.7 Å². The molecule has 36 heavy (non-hydrogen) atoms. The monoisotopic (exact) mass is 472 g/mol. The highest BCUT2D eigenvalue weighted by Crippen LogP contribution is 2.25. The van der Waals surface area contributed by atoms with E-state index < -0.39 is 0 Å². The third-order valence-electron chi connectivity index (χ3n) is 5.35. The summed E-state index contributed by atoms with van der Waals surface area (Å²) in [6, 6.07) is 19.6. The summed E-state index contributed by atoms with van der Waals surface area (Å²) < 4.78 is 10.4. The molecule has 0 fully saturated rings. The summed E-state index contributed by atoms with van der Waals surface area (Å²) in [5, 5.41) is 8.06. The van der Waals surface area contributed by atoms with E-state index in [4.69, 9.17) is 15.5 Å². The highest BCUT2D eigenvalue weighted by atomic mass is 16.5. The molecule has 5 aromatic rings. The average molecular weight is 473 g/mol. The fraction of sp³-hybridized carbons (Fsp3) is 0.133. The number of terminal acetylenes is 1. The largest absolute Gasteiger partial charge is 0.360 e. The molecule has 0 aliphatic rings. The van der Waals surface area contributed by atoms with Gasteiger partial charge in [0.2, 0.25) is 0 Å². The van der Waals surface area contributed by atoms with Crippen LogP contribution in [0.3, 0.4) is 0 Å². The van der Waals surface area contributed by atoms with E-state index in [1.165, 1.54) is 0 Å². The zero-order valence-corrected chi connectivity index (χ0v) is 20.5. The van der Waals surface area contributed by atoms with Gasteiger partial charge in [-0.05, 0) is 33.6 Å². The molecule has 3 aromatic heterocycles. The van der Waals surface area contributed by atoms with E-state index in [-0.39, 0.29) is 0 Å². The van der Waals surface area contributed by atoms with Gasteiger partial charge in [-0.1, -0.05) is 82.8 Å². The Kier molecular flexibility index (Phi) is 7.39. The number of benzene rings is 2. The van der Waals surface area contributed by atoms with Crippen molar-refractivity contribution in [3.63, 3.8) is 0 Å². The van der Waals surface area contributed by atoms with Gasteiger partial charge in [0.1, 0.15) is 28.6 Å². The molecule has 0 aliphatic carbocycles. The molecule has 0 amide bonds. The molecule has 0 N–H and O–H groups in total. The molecule has 6 nitrogen and oxygen atoms in total. The lowest BCUT2D eigenvalue weighted by molar-refractivity contribution is 0.399. The smallest absolute Gasteiger partial charge is 0.149 e. The lowest BCUT2D eigenvalue weighted by Crippen LogP contribution is -1.94. The van der Waals surface area contributed by atoms with Gasteiger partial charge < -0.3 is 9.05 Å². The van der Waals surface area contributed by atoms with E-state index in [2.05, 4.69) is 38.0 Å². The number of aryl methyl sites for hydroxylation is 4. The van der Waals surface area contributed by atoms with Crippen LogP contribution in [0.1, 0.15) is 39.7 Å². The standard InChI is InChI=1S/C18H15N3O.C12H9NO/c1-12-11-19-13(2)17(20-12)10-9-16-14(3)22-21-18(16)15-7-5-4-6-8-15;1-3-11-9(2)14-13-12(11)10-7-5-4-6-8-10/h4-8,11H,1-3H3;1,4-8H,2H3. The molecule has 0 unspecified atom stereocenters. The van der Waals surface area contributed by atoms with Crippen molar-refractivity contribution in [1.82, 2.24) is 20.3 Å². The minimum absolute atomic E-state index is 0.680. The summed E-state index contributed by atoms with van der Waals surface area (Å²) in [4.78, 5) is 8.69. The van der Waals surface area contributed by atoms with Crippen molar-refractivity contribution in [2.24, 2.45) is 0 Å². The van der Waals surface area contributed by atoms with E-state index >= 15 is 0 Å². The lowest BCUT2D eigenvalue weighted by atomic mass is 10.1. The SMILES string of the molecule is C#Cc1c(-c2ccccc2)noc1C.Cc1cnc(C)c(C#Cc2c(-c3ccccc3)noc2C)n1. The van der Waals surface area contributed by atoms with Gasteiger partial charge in [-0.2, -0.15) is 0 Å². The average Bonchev–Trinajstić information content (AvgIpc) is 3.47. The molecule has 0 atom stereocenters. The van der Waals surface area contributed by atoms with Gasteiger partial charge in [0.25, 0.3) is 0 Å². The van der Waals surface area contributed by atoms with Gasteiger partial charge in [-0.25, -0.2) is 4.98 Å². The van der Waals surface area contributed by atoms with Crippen LogP contribution in [0.5, 0.6) is 0 Å². The van der Waals surface area contributed by atoms with Gasteiger partial charge >= 0.3 is 0 Å². The van der Waals surface area contributed by atoms with Gasteiger partial charge in [0.05, 0.1) is 22.5 Å². The molecule has 3 heterocycles. The van der Waals surface area contributed by atoms with E-state index in [9.17, 15) is 0 Å². The zero-order chi connectivity index (χ0) is 25.5. The molecule has 0 bridgehead atoms. The highest BCUT2D eigenvalue weighted by molar-refractivity contribution is 5.68. The molecule has 0 spiro atoms. The summed E-state index contributed by atoms with van der Waals surface area (Å²) in [5.74, 6) is 10.2. The van der Waals surface area contributed by atoms with Gasteiger partial charge in [-0.15, -0.1) is 6.42 Å². The molecule has 0 radical (unpaired) electrons. The van der Waals surface area contributed by atoms with Crippen molar-refractivity contribution in [1.29, 1.82) is 0 Å². The fourth-order valence-corrected chi connectivity index (χ4v) is 3.43. The maximum Gasteiger partial charge on any atom is 0.149 e. The van der Waals surface area contributed by atoms with E-state index in [0.717, 1.165) is 45.0 Å². The normalized spacial score (nSPS) is 9.97. The second kappa shape index (κ2) is 11.0. The molecular weight excluding hydrogens is 448 g/mol. The molecule has 5 rings (SSSR count). The van der Waals surface area contributed by atoms with Crippen LogP contribution in [0, 0.1) is 51.9 Å². The second-order valence-electron chi connectivity index (χ2n) is 8.00. The Hall–Kier alpha value is -4.94. The number of aromatic nitrogens is 4. The van der Waals surface area contributed by atoms with E-state index in [1.807, 2.05) is 88.4 Å². The third kappa shape index (κ3) is 5.41. The van der Waals surface area contributed by atoms with Crippen LogP contribution in [-0.2, 0) is 0 Å². The number of hydrogen-bond donors (Lipinski definition) is 0. The van der Waals surface area contributed by atoms with E-state index in [0.29, 0.717) is 17.2 Å². The molecule has 2 aromatic carbocycles. The van der Waals surface area contributed by atoms with Gasteiger partial charge in [-0.3, -0.25) is 4.98 Å². The Morgan fingerprint density at radius 3 is 1.78 bits per heavy atom. The van der Waals surface area contributed by atoms with Crippen molar-refractivity contribution >= 4 is 0 Å².